The van der Waals surface area contributed by atoms with Gasteiger partial charge in [0.2, 0.25) is 0 Å². The fourth-order valence-corrected chi connectivity index (χ4v) is 2.74. The average Bonchev–Trinajstić information content (AvgIpc) is 2.47. The number of carbonyl (C=O) groups excluding carboxylic acids is 1. The van der Waals surface area contributed by atoms with E-state index in [9.17, 15) is 10.1 Å². The van der Waals surface area contributed by atoms with Gasteiger partial charge < -0.3 is 4.74 Å². The maximum absolute atomic E-state index is 11.1. The molecule has 18 heavy (non-hydrogen) atoms. The first-order chi connectivity index (χ1) is 8.75. The predicted octanol–water partition coefficient (Wildman–Crippen LogP) is 3.23. The highest BCUT2D eigenvalue weighted by Gasteiger charge is 2.34. The van der Waals surface area contributed by atoms with Gasteiger partial charge >= 0.3 is 0 Å². The third-order valence-corrected chi connectivity index (χ3v) is 3.83. The standard InChI is InChI=1S/C15H17NO2/c1-18-14-6-5-13(9-12(14)10-17)15(11-16)7-3-2-4-8-15/h5-6,9-10H,2-4,7-8H2,1H3. The van der Waals surface area contributed by atoms with E-state index >= 15 is 0 Å². The van der Waals surface area contributed by atoms with Gasteiger partial charge in [-0.3, -0.25) is 4.79 Å². The Labute approximate surface area is 107 Å². The minimum absolute atomic E-state index is 0.414. The highest BCUT2D eigenvalue weighted by atomic mass is 16.5. The predicted molar refractivity (Wildman–Crippen MR) is 68.8 cm³/mol. The van der Waals surface area contributed by atoms with Crippen LogP contribution in [0, 0.1) is 11.3 Å². The fourth-order valence-electron chi connectivity index (χ4n) is 2.74. The molecule has 0 heterocycles. The van der Waals surface area contributed by atoms with Gasteiger partial charge in [0.25, 0.3) is 0 Å². The van der Waals surface area contributed by atoms with Gasteiger partial charge in [-0.05, 0) is 30.5 Å². The van der Waals surface area contributed by atoms with E-state index in [2.05, 4.69) is 6.07 Å². The lowest BCUT2D eigenvalue weighted by Gasteiger charge is -2.31. The summed E-state index contributed by atoms with van der Waals surface area (Å²) in [5.41, 5.74) is 1.06. The van der Waals surface area contributed by atoms with Crippen molar-refractivity contribution >= 4 is 6.29 Å². The van der Waals surface area contributed by atoms with Crippen molar-refractivity contribution in [2.75, 3.05) is 7.11 Å². The van der Waals surface area contributed by atoms with E-state index in [-0.39, 0.29) is 0 Å². The average molecular weight is 243 g/mol. The van der Waals surface area contributed by atoms with Crippen LogP contribution in [0.2, 0.25) is 0 Å². The third-order valence-electron chi connectivity index (χ3n) is 3.83. The summed E-state index contributed by atoms with van der Waals surface area (Å²) >= 11 is 0. The normalized spacial score (nSPS) is 17.8. The van der Waals surface area contributed by atoms with Crippen LogP contribution in [0.3, 0.4) is 0 Å². The highest BCUT2D eigenvalue weighted by Crippen LogP contribution is 2.39. The molecule has 1 fully saturated rings. The van der Waals surface area contributed by atoms with Crippen LogP contribution in [0.15, 0.2) is 18.2 Å². The smallest absolute Gasteiger partial charge is 0.153 e. The molecule has 3 heteroatoms. The summed E-state index contributed by atoms with van der Waals surface area (Å²) in [7, 11) is 1.54. The Morgan fingerprint density at radius 1 is 1.33 bits per heavy atom. The number of carbonyl (C=O) groups is 1. The molecule has 0 aliphatic heterocycles. The molecule has 0 aromatic heterocycles. The maximum atomic E-state index is 11.1. The van der Waals surface area contributed by atoms with E-state index in [1.807, 2.05) is 6.07 Å². The summed E-state index contributed by atoms with van der Waals surface area (Å²) in [6.45, 7) is 0. The lowest BCUT2D eigenvalue weighted by Crippen LogP contribution is -2.27. The highest BCUT2D eigenvalue weighted by molar-refractivity contribution is 5.80. The lowest BCUT2D eigenvalue weighted by molar-refractivity contribution is 0.112. The van der Waals surface area contributed by atoms with Gasteiger partial charge in [-0.1, -0.05) is 25.3 Å². The van der Waals surface area contributed by atoms with E-state index in [4.69, 9.17) is 4.74 Å². The molecule has 1 aliphatic carbocycles. The molecule has 0 unspecified atom stereocenters. The van der Waals surface area contributed by atoms with E-state index in [1.165, 1.54) is 6.42 Å². The molecule has 0 atom stereocenters. The number of rotatable bonds is 3. The monoisotopic (exact) mass is 243 g/mol. The quantitative estimate of drug-likeness (QED) is 0.766. The molecule has 1 saturated carbocycles. The van der Waals surface area contributed by atoms with Crippen LogP contribution in [0.5, 0.6) is 5.75 Å². The molecular weight excluding hydrogens is 226 g/mol. The topological polar surface area (TPSA) is 50.1 Å². The molecule has 0 spiro atoms. The van der Waals surface area contributed by atoms with Gasteiger partial charge in [-0.2, -0.15) is 5.26 Å². The van der Waals surface area contributed by atoms with E-state index in [0.717, 1.165) is 37.5 Å². The van der Waals surface area contributed by atoms with Crippen molar-refractivity contribution in [1.82, 2.24) is 0 Å². The number of hydrogen-bond donors (Lipinski definition) is 0. The Bertz CT molecular complexity index is 482. The Hall–Kier alpha value is -1.82. The van der Waals surface area contributed by atoms with Crippen LogP contribution in [0.1, 0.15) is 48.0 Å². The molecule has 3 nitrogen and oxygen atoms in total. The number of methoxy groups -OCH3 is 1. The summed E-state index contributed by atoms with van der Waals surface area (Å²) in [5.74, 6) is 0.567. The lowest BCUT2D eigenvalue weighted by atomic mass is 9.70. The van der Waals surface area contributed by atoms with E-state index in [0.29, 0.717) is 11.3 Å². The van der Waals surface area contributed by atoms with Crippen LogP contribution < -0.4 is 4.74 Å². The number of nitriles is 1. The Kier molecular flexibility index (Phi) is 3.66. The van der Waals surface area contributed by atoms with Crippen molar-refractivity contribution < 1.29 is 9.53 Å². The summed E-state index contributed by atoms with van der Waals surface area (Å²) in [6.07, 6.45) is 5.91. The zero-order valence-corrected chi connectivity index (χ0v) is 10.6. The summed E-state index contributed by atoms with van der Waals surface area (Å²) in [6, 6.07) is 7.97. The first-order valence-corrected chi connectivity index (χ1v) is 6.31. The van der Waals surface area contributed by atoms with Gasteiger partial charge in [0, 0.05) is 0 Å². The molecule has 0 amide bonds. The second kappa shape index (κ2) is 5.22. The second-order valence-corrected chi connectivity index (χ2v) is 4.83. The van der Waals surface area contributed by atoms with Gasteiger partial charge in [-0.15, -0.1) is 0 Å². The SMILES string of the molecule is COc1ccc(C2(C#N)CCCCC2)cc1C=O. The van der Waals surface area contributed by atoms with Crippen molar-refractivity contribution in [3.63, 3.8) is 0 Å². The maximum Gasteiger partial charge on any atom is 0.153 e. The largest absolute Gasteiger partial charge is 0.496 e. The molecule has 2 rings (SSSR count). The van der Waals surface area contributed by atoms with Crippen molar-refractivity contribution in [3.05, 3.63) is 29.3 Å². The second-order valence-electron chi connectivity index (χ2n) is 4.83. The number of benzene rings is 1. The molecule has 0 bridgehead atoms. The molecular formula is C15H17NO2. The van der Waals surface area contributed by atoms with Crippen LogP contribution >= 0.6 is 0 Å². The van der Waals surface area contributed by atoms with E-state index in [1.54, 1.807) is 19.2 Å². The Morgan fingerprint density at radius 3 is 2.61 bits per heavy atom. The molecule has 1 aromatic rings. The van der Waals surface area contributed by atoms with Crippen LogP contribution in [-0.4, -0.2) is 13.4 Å². The Morgan fingerprint density at radius 2 is 2.06 bits per heavy atom. The molecule has 1 aliphatic rings. The minimum Gasteiger partial charge on any atom is -0.496 e. The zero-order chi connectivity index (χ0) is 13.0. The van der Waals surface area contributed by atoms with Crippen molar-refractivity contribution in [1.29, 1.82) is 5.26 Å². The fraction of sp³-hybridized carbons (Fsp3) is 0.467. The summed E-state index contributed by atoms with van der Waals surface area (Å²) < 4.78 is 5.13. The Balaban J connectivity index is 2.43. The van der Waals surface area contributed by atoms with Crippen molar-refractivity contribution in [2.24, 2.45) is 0 Å². The first kappa shape index (κ1) is 12.6. The minimum atomic E-state index is -0.414. The summed E-state index contributed by atoms with van der Waals surface area (Å²) in [4.78, 5) is 11.1. The van der Waals surface area contributed by atoms with E-state index < -0.39 is 5.41 Å². The molecule has 0 radical (unpaired) electrons. The van der Waals surface area contributed by atoms with Crippen LogP contribution in [0.4, 0.5) is 0 Å². The van der Waals surface area contributed by atoms with Crippen LogP contribution in [-0.2, 0) is 5.41 Å². The van der Waals surface area contributed by atoms with Crippen molar-refractivity contribution in [3.8, 4) is 11.8 Å². The van der Waals surface area contributed by atoms with Gasteiger partial charge in [0.1, 0.15) is 5.75 Å². The molecule has 0 N–H and O–H groups in total. The summed E-state index contributed by atoms with van der Waals surface area (Å²) in [5, 5.41) is 9.52. The molecule has 94 valence electrons. The first-order valence-electron chi connectivity index (χ1n) is 6.31. The van der Waals surface area contributed by atoms with Gasteiger partial charge in [-0.25, -0.2) is 0 Å². The number of ether oxygens (including phenoxy) is 1. The number of aldehydes is 1. The third kappa shape index (κ3) is 2.11. The number of nitrogens with zero attached hydrogens (tertiary/aromatic N) is 1. The van der Waals surface area contributed by atoms with Gasteiger partial charge in [0.05, 0.1) is 24.2 Å². The molecule has 0 saturated heterocycles. The van der Waals surface area contributed by atoms with Gasteiger partial charge in [0.15, 0.2) is 6.29 Å². The number of hydrogen-bond acceptors (Lipinski definition) is 3. The van der Waals surface area contributed by atoms with Crippen LogP contribution in [0.25, 0.3) is 0 Å². The zero-order valence-electron chi connectivity index (χ0n) is 10.6. The van der Waals surface area contributed by atoms with Crippen molar-refractivity contribution in [2.45, 2.75) is 37.5 Å². The molecule has 1 aromatic carbocycles.